The van der Waals surface area contributed by atoms with Crippen LogP contribution in [0.3, 0.4) is 0 Å². The van der Waals surface area contributed by atoms with Crippen LogP contribution in [0.1, 0.15) is 511 Å². The van der Waals surface area contributed by atoms with Gasteiger partial charge in [0.15, 0.2) is 12.2 Å². The largest absolute Gasteiger partial charge is 0.472 e. The molecule has 0 aliphatic rings. The summed E-state index contributed by atoms with van der Waals surface area (Å²) in [6, 6.07) is 0. The minimum Gasteiger partial charge on any atom is -0.462 e. The summed E-state index contributed by atoms with van der Waals surface area (Å²) in [7, 11) is -9.94. The van der Waals surface area contributed by atoms with Crippen LogP contribution < -0.4 is 0 Å². The second-order valence-corrected chi connectivity index (χ2v) is 37.7. The molecular formula is C95H186O17P2. The quantitative estimate of drug-likeness (QED) is 0.0222. The first-order valence-electron chi connectivity index (χ1n) is 49.0. The first-order chi connectivity index (χ1) is 55.3. The molecule has 0 aliphatic heterocycles. The van der Waals surface area contributed by atoms with Crippen LogP contribution in [0.5, 0.6) is 0 Å². The van der Waals surface area contributed by atoms with Crippen molar-refractivity contribution in [2.75, 3.05) is 39.6 Å². The number of rotatable bonds is 93. The molecule has 5 unspecified atom stereocenters. The Hall–Kier alpha value is -1.94. The predicted molar refractivity (Wildman–Crippen MR) is 474 cm³/mol. The Morgan fingerprint density at radius 1 is 0.246 bits per heavy atom. The van der Waals surface area contributed by atoms with Gasteiger partial charge in [-0.15, -0.1) is 0 Å². The minimum atomic E-state index is -4.97. The Labute approximate surface area is 702 Å². The van der Waals surface area contributed by atoms with E-state index in [9.17, 15) is 43.2 Å². The van der Waals surface area contributed by atoms with Crippen molar-refractivity contribution < 1.29 is 80.2 Å². The smallest absolute Gasteiger partial charge is 0.462 e. The number of unbranched alkanes of at least 4 members (excludes halogenated alkanes) is 58. The van der Waals surface area contributed by atoms with Crippen LogP contribution in [0.25, 0.3) is 0 Å². The molecule has 0 spiro atoms. The van der Waals surface area contributed by atoms with Crippen molar-refractivity contribution in [1.29, 1.82) is 0 Å². The van der Waals surface area contributed by atoms with Crippen LogP contribution >= 0.6 is 15.6 Å². The van der Waals surface area contributed by atoms with E-state index in [-0.39, 0.29) is 25.7 Å². The Morgan fingerprint density at radius 3 is 0.623 bits per heavy atom. The zero-order chi connectivity index (χ0) is 83.6. The third-order valence-electron chi connectivity index (χ3n) is 23.5. The molecule has 0 bridgehead atoms. The molecule has 3 N–H and O–H groups in total. The first-order valence-corrected chi connectivity index (χ1v) is 52.0. The fourth-order valence-electron chi connectivity index (χ4n) is 14.9. The third-order valence-corrected chi connectivity index (χ3v) is 25.4. The summed E-state index contributed by atoms with van der Waals surface area (Å²) in [4.78, 5) is 73.6. The van der Waals surface area contributed by atoms with Crippen molar-refractivity contribution >= 4 is 39.5 Å². The van der Waals surface area contributed by atoms with E-state index >= 15 is 0 Å². The van der Waals surface area contributed by atoms with Gasteiger partial charge in [0.2, 0.25) is 0 Å². The van der Waals surface area contributed by atoms with E-state index in [4.69, 9.17) is 37.0 Å². The molecule has 0 radical (unpaired) electrons. The lowest BCUT2D eigenvalue weighted by Crippen LogP contribution is -2.30. The summed E-state index contributed by atoms with van der Waals surface area (Å²) in [6.07, 6.45) is 79.2. The molecule has 8 atom stereocenters. The van der Waals surface area contributed by atoms with Gasteiger partial charge in [-0.2, -0.15) is 0 Å². The molecule has 114 heavy (non-hydrogen) atoms. The lowest BCUT2D eigenvalue weighted by atomic mass is 9.99. The van der Waals surface area contributed by atoms with E-state index in [1.54, 1.807) is 0 Å². The minimum absolute atomic E-state index is 0.107. The molecule has 0 aromatic rings. The molecule has 678 valence electrons. The SMILES string of the molecule is CCCCCCCCCCCCCCCCCCCCCCCCC(=O)OC[C@H](COP(=O)(O)OC[C@@H](O)COP(=O)(O)OC[C@@H](COC(=O)CCCCCCCCCCC(C)CC)OC(=O)CCCCCCCCCCCCCCCCC(C)CC)OC(=O)CCCCCCCCCCCCCCCCCCCCC(C)CC. The average molecular weight is 1660 g/mol. The van der Waals surface area contributed by atoms with Gasteiger partial charge < -0.3 is 33.8 Å². The molecule has 0 aromatic heterocycles. The molecule has 19 heteroatoms. The lowest BCUT2D eigenvalue weighted by Gasteiger charge is -2.21. The molecule has 0 aromatic carbocycles. The molecule has 0 saturated heterocycles. The van der Waals surface area contributed by atoms with Crippen molar-refractivity contribution in [3.05, 3.63) is 0 Å². The Kier molecular flexibility index (Phi) is 83.2. The summed E-state index contributed by atoms with van der Waals surface area (Å²) in [5.41, 5.74) is 0. The number of carbonyl (C=O) groups excluding carboxylic acids is 4. The summed E-state index contributed by atoms with van der Waals surface area (Å²) < 4.78 is 69.2. The van der Waals surface area contributed by atoms with Gasteiger partial charge in [0.25, 0.3) is 0 Å². The summed E-state index contributed by atoms with van der Waals surface area (Å²) in [5, 5.41) is 10.7. The summed E-state index contributed by atoms with van der Waals surface area (Å²) in [6.45, 7) is 12.2. The monoisotopic (exact) mass is 1660 g/mol. The van der Waals surface area contributed by atoms with Crippen molar-refractivity contribution in [3.63, 3.8) is 0 Å². The van der Waals surface area contributed by atoms with E-state index in [1.165, 1.54) is 321 Å². The molecule has 0 rings (SSSR count). The number of phosphoric ester groups is 2. The maximum absolute atomic E-state index is 13.2. The highest BCUT2D eigenvalue weighted by atomic mass is 31.2. The number of aliphatic hydroxyl groups excluding tert-OH is 1. The second kappa shape index (κ2) is 84.7. The number of esters is 4. The van der Waals surface area contributed by atoms with Crippen LogP contribution in [0, 0.1) is 17.8 Å². The van der Waals surface area contributed by atoms with Gasteiger partial charge in [-0.05, 0) is 43.4 Å². The number of ether oxygens (including phenoxy) is 4. The predicted octanol–water partition coefficient (Wildman–Crippen LogP) is 29.6. The highest BCUT2D eigenvalue weighted by Crippen LogP contribution is 2.45. The summed E-state index contributed by atoms with van der Waals surface area (Å²) in [5.74, 6) is 0.399. The molecule has 0 amide bonds. The van der Waals surface area contributed by atoms with E-state index in [0.717, 1.165) is 108 Å². The number of carbonyl (C=O) groups is 4. The number of hydrogen-bond acceptors (Lipinski definition) is 15. The Morgan fingerprint density at radius 2 is 0.421 bits per heavy atom. The lowest BCUT2D eigenvalue weighted by molar-refractivity contribution is -0.161. The zero-order valence-electron chi connectivity index (χ0n) is 75.6. The van der Waals surface area contributed by atoms with Crippen molar-refractivity contribution in [1.82, 2.24) is 0 Å². The van der Waals surface area contributed by atoms with E-state index in [1.807, 2.05) is 0 Å². The standard InChI is InChI=1S/C95H186O17P2/c1-8-12-13-14-15-16-17-18-19-20-21-22-23-24-28-31-37-42-47-55-62-69-76-92(97)105-82-90(111-94(99)78-71-64-57-48-43-38-32-29-26-25-27-30-35-40-45-52-59-66-73-86(5)9-2)84-109-113(101,102)107-80-89(96)81-108-114(103,104)110-85-91(83-106-93(98)77-70-63-56-51-50-54-61-68-75-88(7)11-4)112-95(100)79-72-65-58-49-44-39-34-33-36-41-46-53-60-67-74-87(6)10-3/h86-91,96H,8-85H2,1-7H3,(H,101,102)(H,103,104)/t86?,87?,88?,89-,90-,91-/m1/s1. The van der Waals surface area contributed by atoms with Crippen molar-refractivity contribution in [3.8, 4) is 0 Å². The number of aliphatic hydroxyl groups is 1. The zero-order valence-corrected chi connectivity index (χ0v) is 77.4. The van der Waals surface area contributed by atoms with E-state index in [0.29, 0.717) is 25.7 Å². The van der Waals surface area contributed by atoms with Crippen LogP contribution in [-0.4, -0.2) is 96.7 Å². The fraction of sp³-hybridized carbons (Fsp3) is 0.958. The van der Waals surface area contributed by atoms with Crippen LogP contribution in [0.2, 0.25) is 0 Å². The molecule has 0 aliphatic carbocycles. The Bertz CT molecular complexity index is 2190. The Balaban J connectivity index is 5.25. The number of hydrogen-bond donors (Lipinski definition) is 3. The normalized spacial score (nSPS) is 14.4. The second-order valence-electron chi connectivity index (χ2n) is 34.8. The molecule has 17 nitrogen and oxygen atoms in total. The molecule has 0 fully saturated rings. The average Bonchev–Trinajstić information content (AvgIpc) is 0.893. The van der Waals surface area contributed by atoms with Crippen LogP contribution in [-0.2, 0) is 65.4 Å². The number of phosphoric acid groups is 2. The van der Waals surface area contributed by atoms with E-state index < -0.39 is 97.5 Å². The molecular weight excluding hydrogens is 1470 g/mol. The highest BCUT2D eigenvalue weighted by molar-refractivity contribution is 7.47. The van der Waals surface area contributed by atoms with Crippen molar-refractivity contribution in [2.24, 2.45) is 17.8 Å². The fourth-order valence-corrected chi connectivity index (χ4v) is 16.4. The van der Waals surface area contributed by atoms with Gasteiger partial charge >= 0.3 is 39.5 Å². The first kappa shape index (κ1) is 112. The van der Waals surface area contributed by atoms with Gasteiger partial charge in [-0.1, -0.05) is 459 Å². The van der Waals surface area contributed by atoms with Gasteiger partial charge in [0.1, 0.15) is 19.3 Å². The van der Waals surface area contributed by atoms with E-state index in [2.05, 4.69) is 48.5 Å². The van der Waals surface area contributed by atoms with Crippen molar-refractivity contribution in [2.45, 2.75) is 529 Å². The van der Waals surface area contributed by atoms with Gasteiger partial charge in [-0.25, -0.2) is 9.13 Å². The highest BCUT2D eigenvalue weighted by Gasteiger charge is 2.31. The van der Waals surface area contributed by atoms with Gasteiger partial charge in [-0.3, -0.25) is 37.3 Å². The summed E-state index contributed by atoms with van der Waals surface area (Å²) >= 11 is 0. The van der Waals surface area contributed by atoms with Crippen LogP contribution in [0.4, 0.5) is 0 Å². The van der Waals surface area contributed by atoms with Crippen LogP contribution in [0.15, 0.2) is 0 Å². The third kappa shape index (κ3) is 83.7. The maximum Gasteiger partial charge on any atom is 0.472 e. The van der Waals surface area contributed by atoms with Gasteiger partial charge in [0, 0.05) is 25.7 Å². The molecule has 0 heterocycles. The van der Waals surface area contributed by atoms with Gasteiger partial charge in [0.05, 0.1) is 26.4 Å². The maximum atomic E-state index is 13.2. The topological polar surface area (TPSA) is 237 Å². The molecule has 0 saturated carbocycles.